The number of anilines is 1. The van der Waals surface area contributed by atoms with Crippen LogP contribution in [-0.4, -0.2) is 25.8 Å². The smallest absolute Gasteiger partial charge is 0.271 e. The lowest BCUT2D eigenvalue weighted by atomic mass is 10.2. The highest BCUT2D eigenvalue weighted by atomic mass is 32.2. The molecule has 17 heavy (non-hydrogen) atoms. The van der Waals surface area contributed by atoms with Crippen molar-refractivity contribution < 1.29 is 8.42 Å². The van der Waals surface area contributed by atoms with E-state index in [9.17, 15) is 8.42 Å². The molecule has 1 N–H and O–H groups in total. The van der Waals surface area contributed by atoms with Crippen molar-refractivity contribution in [2.45, 2.75) is 26.2 Å². The average molecular weight is 254 g/mol. The van der Waals surface area contributed by atoms with Gasteiger partial charge in [0.15, 0.2) is 0 Å². The summed E-state index contributed by atoms with van der Waals surface area (Å²) in [6.07, 6.45) is 3.03. The van der Waals surface area contributed by atoms with Crippen LogP contribution in [0.1, 0.15) is 24.8 Å². The van der Waals surface area contributed by atoms with Crippen molar-refractivity contribution in [1.29, 1.82) is 0 Å². The van der Waals surface area contributed by atoms with Crippen molar-refractivity contribution in [3.05, 3.63) is 29.8 Å². The molecule has 1 saturated heterocycles. The molecule has 94 valence electrons. The van der Waals surface area contributed by atoms with E-state index in [2.05, 4.69) is 4.72 Å². The van der Waals surface area contributed by atoms with Gasteiger partial charge in [-0.05, 0) is 37.5 Å². The lowest BCUT2D eigenvalue weighted by Crippen LogP contribution is -2.39. The quantitative estimate of drug-likeness (QED) is 0.898. The maximum absolute atomic E-state index is 12.1. The SMILES string of the molecule is Cc1cccc(NS(=O)(=O)N2CCCCC2)c1. The third kappa shape index (κ3) is 3.20. The summed E-state index contributed by atoms with van der Waals surface area (Å²) in [5.74, 6) is 0. The monoisotopic (exact) mass is 254 g/mol. The molecule has 0 amide bonds. The second kappa shape index (κ2) is 5.06. The molecule has 2 rings (SSSR count). The fourth-order valence-electron chi connectivity index (χ4n) is 2.03. The summed E-state index contributed by atoms with van der Waals surface area (Å²) >= 11 is 0. The number of nitrogens with one attached hydrogen (secondary N) is 1. The van der Waals surface area contributed by atoms with E-state index in [0.29, 0.717) is 18.8 Å². The molecule has 0 spiro atoms. The zero-order valence-corrected chi connectivity index (χ0v) is 10.8. The molecule has 0 aromatic heterocycles. The third-order valence-electron chi connectivity index (χ3n) is 2.92. The van der Waals surface area contributed by atoms with Crippen LogP contribution in [0.15, 0.2) is 24.3 Å². The Morgan fingerprint density at radius 1 is 1.18 bits per heavy atom. The van der Waals surface area contributed by atoms with Crippen molar-refractivity contribution in [3.8, 4) is 0 Å². The van der Waals surface area contributed by atoms with Gasteiger partial charge in [-0.1, -0.05) is 18.6 Å². The van der Waals surface area contributed by atoms with E-state index in [0.717, 1.165) is 24.8 Å². The summed E-state index contributed by atoms with van der Waals surface area (Å²) in [7, 11) is -3.37. The first-order valence-corrected chi connectivity index (χ1v) is 7.36. The van der Waals surface area contributed by atoms with E-state index in [1.807, 2.05) is 25.1 Å². The van der Waals surface area contributed by atoms with Gasteiger partial charge in [0.25, 0.3) is 0 Å². The second-order valence-corrected chi connectivity index (χ2v) is 6.11. The molecule has 0 aliphatic carbocycles. The Bertz CT molecular complexity index is 479. The Hall–Kier alpha value is -1.07. The topological polar surface area (TPSA) is 49.4 Å². The summed E-state index contributed by atoms with van der Waals surface area (Å²) < 4.78 is 28.3. The van der Waals surface area contributed by atoms with Crippen LogP contribution in [0.3, 0.4) is 0 Å². The molecule has 1 heterocycles. The van der Waals surface area contributed by atoms with Gasteiger partial charge in [0.1, 0.15) is 0 Å². The first-order chi connectivity index (χ1) is 8.08. The van der Waals surface area contributed by atoms with Gasteiger partial charge in [0.05, 0.1) is 5.69 Å². The average Bonchev–Trinajstić information content (AvgIpc) is 2.29. The van der Waals surface area contributed by atoms with Gasteiger partial charge >= 0.3 is 10.2 Å². The van der Waals surface area contributed by atoms with E-state index >= 15 is 0 Å². The van der Waals surface area contributed by atoms with E-state index in [4.69, 9.17) is 0 Å². The predicted octanol–water partition coefficient (Wildman–Crippen LogP) is 2.14. The van der Waals surface area contributed by atoms with Crippen molar-refractivity contribution in [2.75, 3.05) is 17.8 Å². The van der Waals surface area contributed by atoms with Gasteiger partial charge in [0.2, 0.25) is 0 Å². The lowest BCUT2D eigenvalue weighted by Gasteiger charge is -2.26. The van der Waals surface area contributed by atoms with Gasteiger partial charge in [-0.2, -0.15) is 12.7 Å². The maximum atomic E-state index is 12.1. The summed E-state index contributed by atoms with van der Waals surface area (Å²) in [6, 6.07) is 7.40. The number of benzene rings is 1. The highest BCUT2D eigenvalue weighted by Crippen LogP contribution is 2.17. The molecule has 0 radical (unpaired) electrons. The van der Waals surface area contributed by atoms with Gasteiger partial charge in [-0.15, -0.1) is 0 Å². The first kappa shape index (κ1) is 12.4. The molecule has 1 aliphatic rings. The summed E-state index contributed by atoms with van der Waals surface area (Å²) in [6.45, 7) is 3.20. The Kier molecular flexibility index (Phi) is 3.69. The van der Waals surface area contributed by atoms with Crippen LogP contribution in [0.25, 0.3) is 0 Å². The van der Waals surface area contributed by atoms with Crippen LogP contribution in [0.2, 0.25) is 0 Å². The van der Waals surface area contributed by atoms with Crippen LogP contribution >= 0.6 is 0 Å². The van der Waals surface area contributed by atoms with Crippen LogP contribution in [0, 0.1) is 6.92 Å². The molecule has 1 fully saturated rings. The molecule has 0 bridgehead atoms. The number of hydrogen-bond donors (Lipinski definition) is 1. The van der Waals surface area contributed by atoms with E-state index < -0.39 is 10.2 Å². The molecule has 1 aromatic carbocycles. The number of piperidine rings is 1. The normalized spacial score (nSPS) is 17.9. The number of nitrogens with zero attached hydrogens (tertiary/aromatic N) is 1. The fraction of sp³-hybridized carbons (Fsp3) is 0.500. The van der Waals surface area contributed by atoms with Crippen LogP contribution < -0.4 is 4.72 Å². The van der Waals surface area contributed by atoms with E-state index in [-0.39, 0.29) is 0 Å². The van der Waals surface area contributed by atoms with Crippen LogP contribution in [-0.2, 0) is 10.2 Å². The van der Waals surface area contributed by atoms with Crippen LogP contribution in [0.4, 0.5) is 5.69 Å². The summed E-state index contributed by atoms with van der Waals surface area (Å²) in [5.41, 5.74) is 1.68. The molecule has 4 nitrogen and oxygen atoms in total. The molecule has 0 unspecified atom stereocenters. The zero-order chi connectivity index (χ0) is 12.3. The highest BCUT2D eigenvalue weighted by molar-refractivity contribution is 7.90. The largest absolute Gasteiger partial charge is 0.301 e. The number of aryl methyl sites for hydroxylation is 1. The molecular formula is C12H18N2O2S. The van der Waals surface area contributed by atoms with Gasteiger partial charge < -0.3 is 0 Å². The fourth-order valence-corrected chi connectivity index (χ4v) is 3.32. The van der Waals surface area contributed by atoms with Crippen LogP contribution in [0.5, 0.6) is 0 Å². The second-order valence-electron chi connectivity index (χ2n) is 4.44. The minimum absolute atomic E-state index is 0.626. The Morgan fingerprint density at radius 2 is 1.88 bits per heavy atom. The van der Waals surface area contributed by atoms with Gasteiger partial charge in [-0.3, -0.25) is 4.72 Å². The maximum Gasteiger partial charge on any atom is 0.301 e. The Morgan fingerprint density at radius 3 is 2.53 bits per heavy atom. The lowest BCUT2D eigenvalue weighted by molar-refractivity contribution is 0.349. The summed E-state index contributed by atoms with van der Waals surface area (Å²) in [4.78, 5) is 0. The molecule has 0 saturated carbocycles. The minimum Gasteiger partial charge on any atom is -0.271 e. The number of hydrogen-bond acceptors (Lipinski definition) is 2. The Balaban J connectivity index is 2.11. The minimum atomic E-state index is -3.37. The highest BCUT2D eigenvalue weighted by Gasteiger charge is 2.23. The van der Waals surface area contributed by atoms with E-state index in [1.54, 1.807) is 6.07 Å². The summed E-state index contributed by atoms with van der Waals surface area (Å²) in [5, 5.41) is 0. The third-order valence-corrected chi connectivity index (χ3v) is 4.46. The molecule has 5 heteroatoms. The standard InChI is InChI=1S/C12H18N2O2S/c1-11-6-5-7-12(10-11)13-17(15,16)14-8-3-2-4-9-14/h5-7,10,13H,2-4,8-9H2,1H3. The number of rotatable bonds is 3. The molecular weight excluding hydrogens is 236 g/mol. The van der Waals surface area contributed by atoms with Crippen molar-refractivity contribution >= 4 is 15.9 Å². The molecule has 0 atom stereocenters. The van der Waals surface area contributed by atoms with Crippen molar-refractivity contribution in [2.24, 2.45) is 0 Å². The van der Waals surface area contributed by atoms with E-state index in [1.165, 1.54) is 4.31 Å². The van der Waals surface area contributed by atoms with Gasteiger partial charge in [-0.25, -0.2) is 0 Å². The molecule has 1 aromatic rings. The van der Waals surface area contributed by atoms with Crippen molar-refractivity contribution in [1.82, 2.24) is 4.31 Å². The van der Waals surface area contributed by atoms with Crippen molar-refractivity contribution in [3.63, 3.8) is 0 Å². The Labute approximate surface area is 103 Å². The predicted molar refractivity (Wildman–Crippen MR) is 69.1 cm³/mol. The zero-order valence-electron chi connectivity index (χ0n) is 10.0. The molecule has 1 aliphatic heterocycles. The van der Waals surface area contributed by atoms with Gasteiger partial charge in [0, 0.05) is 13.1 Å². The first-order valence-electron chi connectivity index (χ1n) is 5.92.